The maximum Gasteiger partial charge on any atom is 0.241 e. The summed E-state index contributed by atoms with van der Waals surface area (Å²) < 4.78 is 28.1. The van der Waals surface area contributed by atoms with Crippen LogP contribution in [0.5, 0.6) is 0 Å². The summed E-state index contributed by atoms with van der Waals surface area (Å²) in [6.07, 6.45) is 1.93. The molecule has 6 heteroatoms. The maximum absolute atomic E-state index is 12.6. The molecule has 1 aromatic rings. The number of hydrogen-bond donors (Lipinski definition) is 2. The van der Waals surface area contributed by atoms with Crippen LogP contribution in [0.4, 0.5) is 0 Å². The summed E-state index contributed by atoms with van der Waals surface area (Å²) >= 11 is 0. The minimum absolute atomic E-state index is 0.00102. The van der Waals surface area contributed by atoms with Gasteiger partial charge in [-0.25, -0.2) is 13.1 Å². The molecule has 0 bridgehead atoms. The van der Waals surface area contributed by atoms with Crippen molar-refractivity contribution >= 4 is 10.0 Å². The van der Waals surface area contributed by atoms with Crippen molar-refractivity contribution in [1.29, 1.82) is 0 Å². The molecule has 0 radical (unpaired) electrons. The van der Waals surface area contributed by atoms with Gasteiger partial charge in [-0.2, -0.15) is 0 Å². The van der Waals surface area contributed by atoms with Crippen LogP contribution in [0.15, 0.2) is 23.1 Å². The fraction of sp³-hybridized carbons (Fsp3) is 0.600. The Kier molecular flexibility index (Phi) is 5.37. The Morgan fingerprint density at radius 1 is 1.38 bits per heavy atom. The number of sulfonamides is 1. The molecule has 1 unspecified atom stereocenters. The molecule has 0 saturated carbocycles. The van der Waals surface area contributed by atoms with E-state index in [0.717, 1.165) is 37.1 Å². The predicted octanol–water partition coefficient (Wildman–Crippen LogP) is 1.09. The molecule has 0 spiro atoms. The lowest BCUT2D eigenvalue weighted by atomic mass is 10.1. The zero-order valence-corrected chi connectivity index (χ0v) is 13.8. The summed E-state index contributed by atoms with van der Waals surface area (Å²) in [6, 6.07) is 5.45. The van der Waals surface area contributed by atoms with E-state index in [9.17, 15) is 8.42 Å². The van der Waals surface area contributed by atoms with Gasteiger partial charge in [-0.05, 0) is 57.6 Å². The summed E-state index contributed by atoms with van der Waals surface area (Å²) in [7, 11) is 0.426. The molecule has 1 fully saturated rings. The minimum atomic E-state index is -3.46. The number of rotatable bonds is 5. The highest BCUT2D eigenvalue weighted by Crippen LogP contribution is 2.20. The highest BCUT2D eigenvalue weighted by Gasteiger charge is 2.25. The van der Waals surface area contributed by atoms with Gasteiger partial charge in [-0.3, -0.25) is 0 Å². The monoisotopic (exact) mass is 311 g/mol. The van der Waals surface area contributed by atoms with Crippen LogP contribution in [0.25, 0.3) is 0 Å². The van der Waals surface area contributed by atoms with Gasteiger partial charge in [0.1, 0.15) is 0 Å². The lowest BCUT2D eigenvalue weighted by Gasteiger charge is -2.30. The van der Waals surface area contributed by atoms with Crippen LogP contribution in [0, 0.1) is 6.92 Å². The van der Waals surface area contributed by atoms with Crippen molar-refractivity contribution in [3.63, 3.8) is 0 Å². The van der Waals surface area contributed by atoms with Crippen LogP contribution >= 0.6 is 0 Å². The molecule has 2 rings (SSSR count). The zero-order chi connectivity index (χ0) is 15.5. The van der Waals surface area contributed by atoms with E-state index in [1.54, 1.807) is 12.1 Å². The average molecular weight is 311 g/mol. The number of benzene rings is 1. The number of hydrogen-bond acceptors (Lipinski definition) is 4. The van der Waals surface area contributed by atoms with Crippen LogP contribution < -0.4 is 10.0 Å². The van der Waals surface area contributed by atoms with Crippen LogP contribution in [0.1, 0.15) is 24.0 Å². The van der Waals surface area contributed by atoms with Gasteiger partial charge in [0.2, 0.25) is 10.0 Å². The van der Waals surface area contributed by atoms with Gasteiger partial charge in [-0.15, -0.1) is 0 Å². The molecule has 118 valence electrons. The molecule has 1 atom stereocenters. The molecule has 0 amide bonds. The second kappa shape index (κ2) is 6.87. The Labute approximate surface area is 127 Å². The van der Waals surface area contributed by atoms with Gasteiger partial charge in [0.25, 0.3) is 0 Å². The summed E-state index contributed by atoms with van der Waals surface area (Å²) in [4.78, 5) is 2.56. The Morgan fingerprint density at radius 2 is 2.14 bits per heavy atom. The molecule has 0 aliphatic carbocycles. The first kappa shape index (κ1) is 16.4. The third-order valence-corrected chi connectivity index (χ3v) is 5.66. The summed E-state index contributed by atoms with van der Waals surface area (Å²) in [5, 5.41) is 3.07. The smallest absolute Gasteiger partial charge is 0.241 e. The van der Waals surface area contributed by atoms with Crippen molar-refractivity contribution in [3.05, 3.63) is 29.3 Å². The first-order chi connectivity index (χ1) is 9.94. The summed E-state index contributed by atoms with van der Waals surface area (Å²) in [5.74, 6) is 0. The average Bonchev–Trinajstić information content (AvgIpc) is 2.40. The molecular weight excluding hydrogens is 286 g/mol. The molecule has 1 saturated heterocycles. The highest BCUT2D eigenvalue weighted by molar-refractivity contribution is 7.89. The molecule has 2 N–H and O–H groups in total. The SMILES string of the molecule is CNCc1cccc(S(=O)(=O)NC2CCCN(C)C2)c1C. The van der Waals surface area contributed by atoms with Crippen molar-refractivity contribution in [2.45, 2.75) is 37.2 Å². The maximum atomic E-state index is 12.6. The fourth-order valence-electron chi connectivity index (χ4n) is 2.88. The van der Waals surface area contributed by atoms with Crippen molar-refractivity contribution in [1.82, 2.24) is 14.9 Å². The van der Waals surface area contributed by atoms with Gasteiger partial charge >= 0.3 is 0 Å². The lowest BCUT2D eigenvalue weighted by molar-refractivity contribution is 0.242. The Morgan fingerprint density at radius 3 is 2.81 bits per heavy atom. The van der Waals surface area contributed by atoms with Crippen molar-refractivity contribution in [3.8, 4) is 0 Å². The van der Waals surface area contributed by atoms with Gasteiger partial charge in [0.05, 0.1) is 4.90 Å². The number of likely N-dealkylation sites (tertiary alicyclic amines) is 1. The third-order valence-electron chi connectivity index (χ3n) is 4.00. The summed E-state index contributed by atoms with van der Waals surface area (Å²) in [5.41, 5.74) is 1.84. The Bertz CT molecular complexity index is 587. The van der Waals surface area contributed by atoms with E-state index in [1.807, 2.05) is 27.1 Å². The second-order valence-corrected chi connectivity index (χ2v) is 7.48. The molecule has 1 heterocycles. The standard InChI is InChI=1S/C15H25N3O2S/c1-12-13(10-16-2)6-4-8-15(12)21(19,20)17-14-7-5-9-18(3)11-14/h4,6,8,14,16-17H,5,7,9-11H2,1-3H3. The quantitative estimate of drug-likeness (QED) is 0.854. The lowest BCUT2D eigenvalue weighted by Crippen LogP contribution is -2.46. The first-order valence-electron chi connectivity index (χ1n) is 7.38. The van der Waals surface area contributed by atoms with Crippen molar-refractivity contribution < 1.29 is 8.42 Å². The molecule has 1 aromatic carbocycles. The van der Waals surface area contributed by atoms with E-state index in [1.165, 1.54) is 0 Å². The normalized spacial score (nSPS) is 20.6. The minimum Gasteiger partial charge on any atom is -0.316 e. The highest BCUT2D eigenvalue weighted by atomic mass is 32.2. The Hall–Kier alpha value is -0.950. The van der Waals surface area contributed by atoms with Gasteiger partial charge in [0.15, 0.2) is 0 Å². The predicted molar refractivity (Wildman–Crippen MR) is 84.8 cm³/mol. The van der Waals surface area contributed by atoms with Gasteiger partial charge < -0.3 is 10.2 Å². The van der Waals surface area contributed by atoms with Crippen LogP contribution in [0.2, 0.25) is 0 Å². The van der Waals surface area contributed by atoms with E-state index in [0.29, 0.717) is 11.4 Å². The van der Waals surface area contributed by atoms with E-state index >= 15 is 0 Å². The van der Waals surface area contributed by atoms with Gasteiger partial charge in [0, 0.05) is 19.1 Å². The number of nitrogens with zero attached hydrogens (tertiary/aromatic N) is 1. The largest absolute Gasteiger partial charge is 0.316 e. The van der Waals surface area contributed by atoms with Crippen LogP contribution in [0.3, 0.4) is 0 Å². The number of nitrogens with one attached hydrogen (secondary N) is 2. The molecule has 1 aliphatic heterocycles. The van der Waals surface area contributed by atoms with E-state index in [-0.39, 0.29) is 6.04 Å². The van der Waals surface area contributed by atoms with E-state index in [4.69, 9.17) is 0 Å². The molecule has 5 nitrogen and oxygen atoms in total. The second-order valence-electron chi connectivity index (χ2n) is 5.79. The molecular formula is C15H25N3O2S. The van der Waals surface area contributed by atoms with Gasteiger partial charge in [-0.1, -0.05) is 12.1 Å². The fourth-order valence-corrected chi connectivity index (χ4v) is 4.43. The molecule has 1 aliphatic rings. The number of likely N-dealkylation sites (N-methyl/N-ethyl adjacent to an activating group) is 1. The third kappa shape index (κ3) is 4.03. The van der Waals surface area contributed by atoms with Crippen LogP contribution in [-0.2, 0) is 16.6 Å². The zero-order valence-electron chi connectivity index (χ0n) is 13.0. The van der Waals surface area contributed by atoms with Crippen molar-refractivity contribution in [2.24, 2.45) is 0 Å². The van der Waals surface area contributed by atoms with Crippen LogP contribution in [-0.4, -0.2) is 46.5 Å². The Balaban J connectivity index is 2.21. The topological polar surface area (TPSA) is 61.4 Å². The first-order valence-corrected chi connectivity index (χ1v) is 8.86. The molecule has 0 aromatic heterocycles. The van der Waals surface area contributed by atoms with E-state index < -0.39 is 10.0 Å². The summed E-state index contributed by atoms with van der Waals surface area (Å²) in [6.45, 7) is 4.35. The number of piperidine rings is 1. The van der Waals surface area contributed by atoms with E-state index in [2.05, 4.69) is 14.9 Å². The molecule has 21 heavy (non-hydrogen) atoms. The van der Waals surface area contributed by atoms with Crippen molar-refractivity contribution in [2.75, 3.05) is 27.2 Å².